The minimum Gasteiger partial charge on any atom is -0.488 e. The second-order valence-corrected chi connectivity index (χ2v) is 13.6. The Labute approximate surface area is 275 Å². The third-order valence-electron chi connectivity index (χ3n) is 6.67. The topological polar surface area (TPSA) is 69.9 Å². The quantitative estimate of drug-likeness (QED) is 0.139. The van der Waals surface area contributed by atoms with Crippen LogP contribution in [0.25, 0.3) is 6.08 Å². The maximum absolute atomic E-state index is 13.9. The van der Waals surface area contributed by atoms with Crippen LogP contribution in [-0.2, 0) is 16.1 Å². The van der Waals surface area contributed by atoms with Crippen LogP contribution in [-0.4, -0.2) is 22.9 Å². The molecule has 4 aromatic rings. The Hall–Kier alpha value is -2.82. The first-order valence-corrected chi connectivity index (χ1v) is 16.9. The van der Waals surface area contributed by atoms with Crippen LogP contribution in [0.1, 0.15) is 43.5 Å². The number of thiazole rings is 1. The Bertz CT molecular complexity index is 1920. The van der Waals surface area contributed by atoms with Gasteiger partial charge in [0.15, 0.2) is 4.80 Å². The molecule has 0 bridgehead atoms. The lowest BCUT2D eigenvalue weighted by atomic mass is 9.96. The van der Waals surface area contributed by atoms with Crippen molar-refractivity contribution in [2.75, 3.05) is 6.26 Å². The van der Waals surface area contributed by atoms with E-state index >= 15 is 0 Å². The van der Waals surface area contributed by atoms with E-state index in [1.165, 1.54) is 11.3 Å². The van der Waals surface area contributed by atoms with Crippen molar-refractivity contribution in [3.8, 4) is 5.75 Å². The maximum Gasteiger partial charge on any atom is 0.338 e. The number of carbonyl (C=O) groups is 1. The summed E-state index contributed by atoms with van der Waals surface area (Å²) < 4.78 is 14.4. The molecule has 1 atom stereocenters. The number of rotatable bonds is 8. The highest BCUT2D eigenvalue weighted by atomic mass is 79.9. The largest absolute Gasteiger partial charge is 0.488 e. The zero-order valence-corrected chi connectivity index (χ0v) is 28.4. The van der Waals surface area contributed by atoms with Gasteiger partial charge in [-0.05, 0) is 96.6 Å². The molecule has 5 rings (SSSR count). The molecule has 2 heterocycles. The molecule has 0 unspecified atom stereocenters. The van der Waals surface area contributed by atoms with E-state index in [-0.39, 0.29) is 18.3 Å². The molecule has 1 aliphatic heterocycles. The fraction of sp³-hybridized carbons (Fsp3) is 0.219. The molecule has 0 N–H and O–H groups in total. The standard InChI is InChI=1S/C32H27BrCl2N2O4S2/c1-17(2)41-31(39)28-18(3)36-32-37(29(28)20-7-10-23(42-4)11-8-20)30(38)27(43-32)14-19-5-12-26(24(33)13-19)40-16-21-6-9-22(34)15-25(21)35/h5-15,17,29H,16H2,1-4H3/b27-14-/t29-/m1/s1. The summed E-state index contributed by atoms with van der Waals surface area (Å²) in [5.41, 5.74) is 3.06. The smallest absolute Gasteiger partial charge is 0.338 e. The van der Waals surface area contributed by atoms with E-state index in [9.17, 15) is 9.59 Å². The highest BCUT2D eigenvalue weighted by molar-refractivity contribution is 9.10. The van der Waals surface area contributed by atoms with E-state index in [0.717, 1.165) is 26.1 Å². The van der Waals surface area contributed by atoms with E-state index in [2.05, 4.69) is 20.9 Å². The van der Waals surface area contributed by atoms with Gasteiger partial charge >= 0.3 is 5.97 Å². The van der Waals surface area contributed by atoms with Crippen molar-refractivity contribution in [1.29, 1.82) is 0 Å². The van der Waals surface area contributed by atoms with Crippen LogP contribution in [0.5, 0.6) is 5.75 Å². The molecule has 0 fully saturated rings. The summed E-state index contributed by atoms with van der Waals surface area (Å²) in [6.45, 7) is 5.65. The molecule has 43 heavy (non-hydrogen) atoms. The van der Waals surface area contributed by atoms with Gasteiger partial charge in [-0.25, -0.2) is 9.79 Å². The van der Waals surface area contributed by atoms with Gasteiger partial charge in [0, 0.05) is 20.5 Å². The lowest BCUT2D eigenvalue weighted by Gasteiger charge is -2.25. The van der Waals surface area contributed by atoms with Gasteiger partial charge in [-0.3, -0.25) is 9.36 Å². The van der Waals surface area contributed by atoms with Crippen LogP contribution in [0.4, 0.5) is 0 Å². The molecule has 0 saturated carbocycles. The normalized spacial score (nSPS) is 15.0. The number of ether oxygens (including phenoxy) is 2. The van der Waals surface area contributed by atoms with E-state index in [0.29, 0.717) is 36.4 Å². The molecule has 11 heteroatoms. The molecule has 1 aromatic heterocycles. The second-order valence-electron chi connectivity index (χ2n) is 10.0. The predicted molar refractivity (Wildman–Crippen MR) is 178 cm³/mol. The number of aromatic nitrogens is 1. The zero-order chi connectivity index (χ0) is 30.8. The van der Waals surface area contributed by atoms with Gasteiger partial charge in [0.1, 0.15) is 12.4 Å². The van der Waals surface area contributed by atoms with E-state index in [4.69, 9.17) is 32.7 Å². The molecule has 0 amide bonds. The molecular weight excluding hydrogens is 691 g/mol. The summed E-state index contributed by atoms with van der Waals surface area (Å²) >= 11 is 18.8. The van der Waals surface area contributed by atoms with E-state index < -0.39 is 12.0 Å². The monoisotopic (exact) mass is 716 g/mol. The van der Waals surface area contributed by atoms with Crippen molar-refractivity contribution in [3.05, 3.63) is 123 Å². The van der Waals surface area contributed by atoms with Crippen molar-refractivity contribution >= 4 is 74.3 Å². The van der Waals surface area contributed by atoms with Gasteiger partial charge in [0.05, 0.1) is 32.4 Å². The Kier molecular flexibility index (Phi) is 9.88. The van der Waals surface area contributed by atoms with Gasteiger partial charge in [-0.2, -0.15) is 0 Å². The molecule has 0 aliphatic carbocycles. The molecule has 3 aromatic carbocycles. The number of nitrogens with zero attached hydrogens (tertiary/aromatic N) is 2. The Morgan fingerprint density at radius 1 is 1.14 bits per heavy atom. The van der Waals surface area contributed by atoms with Crippen LogP contribution >= 0.6 is 62.2 Å². The number of fused-ring (bicyclic) bond motifs is 1. The van der Waals surface area contributed by atoms with Gasteiger partial charge in [-0.15, -0.1) is 11.8 Å². The van der Waals surface area contributed by atoms with Crippen molar-refractivity contribution in [2.24, 2.45) is 4.99 Å². The van der Waals surface area contributed by atoms with Crippen LogP contribution in [0.2, 0.25) is 10.0 Å². The summed E-state index contributed by atoms with van der Waals surface area (Å²) in [6, 6.07) is 18.1. The van der Waals surface area contributed by atoms with Crippen LogP contribution < -0.4 is 19.6 Å². The average molecular weight is 719 g/mol. The van der Waals surface area contributed by atoms with Gasteiger partial charge in [-0.1, -0.05) is 58.8 Å². The van der Waals surface area contributed by atoms with Crippen LogP contribution in [0.15, 0.2) is 91.1 Å². The third kappa shape index (κ3) is 6.97. The van der Waals surface area contributed by atoms with E-state index in [1.807, 2.05) is 60.9 Å². The Morgan fingerprint density at radius 3 is 2.53 bits per heavy atom. The number of hydrogen-bond acceptors (Lipinski definition) is 7. The van der Waals surface area contributed by atoms with Gasteiger partial charge in [0.25, 0.3) is 5.56 Å². The number of esters is 1. The Balaban J connectivity index is 1.51. The van der Waals surface area contributed by atoms with Gasteiger partial charge < -0.3 is 9.47 Å². The highest BCUT2D eigenvalue weighted by Crippen LogP contribution is 2.32. The molecular formula is C32H27BrCl2N2O4S2. The Morgan fingerprint density at radius 2 is 1.88 bits per heavy atom. The molecule has 6 nitrogen and oxygen atoms in total. The first-order valence-electron chi connectivity index (χ1n) is 13.3. The van der Waals surface area contributed by atoms with Crippen molar-refractivity contribution in [1.82, 2.24) is 4.57 Å². The number of allylic oxidation sites excluding steroid dienone is 1. The first kappa shape index (κ1) is 31.6. The summed E-state index contributed by atoms with van der Waals surface area (Å²) in [4.78, 5) is 33.5. The number of benzene rings is 3. The third-order valence-corrected chi connectivity index (χ3v) is 9.60. The summed E-state index contributed by atoms with van der Waals surface area (Å²) in [5, 5.41) is 1.09. The second kappa shape index (κ2) is 13.4. The van der Waals surface area contributed by atoms with Crippen molar-refractivity contribution < 1.29 is 14.3 Å². The maximum atomic E-state index is 13.9. The summed E-state index contributed by atoms with van der Waals surface area (Å²) in [5.74, 6) is 0.145. The van der Waals surface area contributed by atoms with E-state index in [1.54, 1.807) is 49.2 Å². The predicted octanol–water partition coefficient (Wildman–Crippen LogP) is 7.56. The summed E-state index contributed by atoms with van der Waals surface area (Å²) in [6.07, 6.45) is 3.50. The van der Waals surface area contributed by atoms with Crippen molar-refractivity contribution in [3.63, 3.8) is 0 Å². The molecule has 0 radical (unpaired) electrons. The fourth-order valence-electron chi connectivity index (χ4n) is 4.63. The lowest BCUT2D eigenvalue weighted by Crippen LogP contribution is -2.40. The van der Waals surface area contributed by atoms with Crippen LogP contribution in [0.3, 0.4) is 0 Å². The minimum atomic E-state index is -0.664. The highest BCUT2D eigenvalue weighted by Gasteiger charge is 2.33. The van der Waals surface area contributed by atoms with Crippen molar-refractivity contribution in [2.45, 2.75) is 44.4 Å². The first-order chi connectivity index (χ1) is 20.5. The molecule has 0 saturated heterocycles. The number of thioether (sulfide) groups is 1. The molecule has 0 spiro atoms. The van der Waals surface area contributed by atoms with Crippen LogP contribution in [0, 0.1) is 0 Å². The van der Waals surface area contributed by atoms with Gasteiger partial charge in [0.2, 0.25) is 0 Å². The molecule has 222 valence electrons. The average Bonchev–Trinajstić information content (AvgIpc) is 3.26. The lowest BCUT2D eigenvalue weighted by molar-refractivity contribution is -0.143. The minimum absolute atomic E-state index is 0.237. The fourth-order valence-corrected chi connectivity index (χ4v) is 7.06. The summed E-state index contributed by atoms with van der Waals surface area (Å²) in [7, 11) is 0. The SMILES string of the molecule is CSc1ccc([C@@H]2C(C(=O)OC(C)C)=C(C)N=c3s/c(=C\c4ccc(OCc5ccc(Cl)cc5Cl)c(Br)c4)c(=O)n32)cc1. The zero-order valence-electron chi connectivity index (χ0n) is 23.7. The molecule has 1 aliphatic rings. The number of halogens is 3. The number of carbonyl (C=O) groups excluding carboxylic acids is 1. The number of hydrogen-bond donors (Lipinski definition) is 0.